The Bertz CT molecular complexity index is 1990. The standard InChI is InChI=1S/C36H42F2N6O8S/c1-4-52-33-26(6-5-11-39-33)36(40-35(46)43-21-24(22-43)41-12-9-23(10-13-41)42-14-16-51-17-15-42)27-19-28(37)29(38)20-30(27)44(34(36)45)53(47,48)32-8-7-25(49-2)18-31(32)50-3/h5-8,11,18-20,23-24H,4,9-10,12-17,21-22H2,1-3H3,(H,40,46). The summed E-state index contributed by atoms with van der Waals surface area (Å²) in [5.74, 6) is -3.98. The van der Waals surface area contributed by atoms with Gasteiger partial charge in [-0.3, -0.25) is 14.6 Å². The van der Waals surface area contributed by atoms with E-state index in [0.29, 0.717) is 29.5 Å². The quantitative estimate of drug-likeness (QED) is 0.327. The fraction of sp³-hybridized carbons (Fsp3) is 0.472. The normalized spacial score (nSPS) is 21.6. The van der Waals surface area contributed by atoms with Crippen molar-refractivity contribution in [2.24, 2.45) is 0 Å². The smallest absolute Gasteiger partial charge is 0.318 e. The van der Waals surface area contributed by atoms with Gasteiger partial charge < -0.3 is 29.2 Å². The first-order valence-corrected chi connectivity index (χ1v) is 19.0. The van der Waals surface area contributed by atoms with E-state index in [0.717, 1.165) is 58.3 Å². The molecule has 14 nitrogen and oxygen atoms in total. The summed E-state index contributed by atoms with van der Waals surface area (Å²) in [5.41, 5.74) is -3.28. The third-order valence-corrected chi connectivity index (χ3v) is 12.3. The van der Waals surface area contributed by atoms with Crippen LogP contribution in [0.4, 0.5) is 19.3 Å². The van der Waals surface area contributed by atoms with Crippen LogP contribution in [0.2, 0.25) is 0 Å². The van der Waals surface area contributed by atoms with Gasteiger partial charge in [0.15, 0.2) is 17.2 Å². The molecule has 4 aliphatic rings. The summed E-state index contributed by atoms with van der Waals surface area (Å²) in [5, 5.41) is 2.77. The number of methoxy groups -OCH3 is 2. The van der Waals surface area contributed by atoms with E-state index in [9.17, 15) is 13.2 Å². The Kier molecular flexibility index (Phi) is 10.2. The number of fused-ring (bicyclic) bond motifs is 1. The van der Waals surface area contributed by atoms with Crippen LogP contribution < -0.4 is 23.8 Å². The van der Waals surface area contributed by atoms with Gasteiger partial charge in [0.2, 0.25) is 5.88 Å². The van der Waals surface area contributed by atoms with E-state index < -0.39 is 49.7 Å². The maximum atomic E-state index is 15.3. The molecule has 0 saturated carbocycles. The molecule has 3 fully saturated rings. The minimum absolute atomic E-state index is 0.0610. The lowest BCUT2D eigenvalue weighted by atomic mass is 9.84. The highest BCUT2D eigenvalue weighted by Crippen LogP contribution is 2.50. The summed E-state index contributed by atoms with van der Waals surface area (Å²) in [7, 11) is -2.29. The van der Waals surface area contributed by atoms with E-state index in [1.165, 1.54) is 55.6 Å². The molecule has 53 heavy (non-hydrogen) atoms. The number of sulfonamides is 1. The fourth-order valence-electron chi connectivity index (χ4n) is 7.73. The number of piperidine rings is 1. The molecule has 0 bridgehead atoms. The zero-order valence-corrected chi connectivity index (χ0v) is 30.5. The third kappa shape index (κ3) is 6.42. The number of nitrogens with one attached hydrogen (secondary N) is 1. The lowest BCUT2D eigenvalue weighted by Gasteiger charge is -2.49. The zero-order valence-electron chi connectivity index (χ0n) is 29.7. The van der Waals surface area contributed by atoms with Gasteiger partial charge in [-0.1, -0.05) is 0 Å². The second-order valence-corrected chi connectivity index (χ2v) is 15.1. The van der Waals surface area contributed by atoms with Crippen LogP contribution in [-0.2, 0) is 25.1 Å². The number of rotatable bonds is 10. The number of nitrogens with zero attached hydrogens (tertiary/aromatic N) is 5. The van der Waals surface area contributed by atoms with Crippen molar-refractivity contribution in [2.75, 3.05) is 77.6 Å². The van der Waals surface area contributed by atoms with Gasteiger partial charge in [-0.15, -0.1) is 0 Å². The first-order chi connectivity index (χ1) is 25.5. The molecule has 1 atom stereocenters. The predicted octanol–water partition coefficient (Wildman–Crippen LogP) is 2.95. The number of carbonyl (C=O) groups excluding carboxylic acids is 2. The summed E-state index contributed by atoms with van der Waals surface area (Å²) in [4.78, 5) is 39.4. The molecule has 5 heterocycles. The van der Waals surface area contributed by atoms with Gasteiger partial charge in [0, 0.05) is 75.2 Å². The van der Waals surface area contributed by atoms with Crippen molar-refractivity contribution < 1.29 is 45.7 Å². The van der Waals surface area contributed by atoms with Crippen LogP contribution in [0.25, 0.3) is 0 Å². The second kappa shape index (κ2) is 14.7. The van der Waals surface area contributed by atoms with Crippen molar-refractivity contribution >= 4 is 27.6 Å². The first kappa shape index (κ1) is 36.8. The summed E-state index contributed by atoms with van der Waals surface area (Å²) in [6, 6.07) is 7.97. The molecule has 0 radical (unpaired) electrons. The van der Waals surface area contributed by atoms with Crippen molar-refractivity contribution in [1.29, 1.82) is 0 Å². The van der Waals surface area contributed by atoms with Gasteiger partial charge >= 0.3 is 6.03 Å². The topological polar surface area (TPSA) is 143 Å². The monoisotopic (exact) mass is 756 g/mol. The molecular formula is C36H42F2N6O8S. The van der Waals surface area contributed by atoms with Gasteiger partial charge in [0.1, 0.15) is 16.4 Å². The molecule has 1 aromatic heterocycles. The average molecular weight is 757 g/mol. The largest absolute Gasteiger partial charge is 0.497 e. The Morgan fingerprint density at radius 1 is 0.962 bits per heavy atom. The minimum Gasteiger partial charge on any atom is -0.497 e. The summed E-state index contributed by atoms with van der Waals surface area (Å²) >= 11 is 0. The number of halogens is 2. The number of ether oxygens (including phenoxy) is 4. The van der Waals surface area contributed by atoms with Gasteiger partial charge in [-0.25, -0.2) is 27.0 Å². The Hall–Kier alpha value is -4.58. The molecule has 2 aromatic carbocycles. The average Bonchev–Trinajstić information content (AvgIpc) is 3.38. The lowest BCUT2D eigenvalue weighted by Crippen LogP contribution is -2.67. The molecule has 0 spiro atoms. The molecular weight excluding hydrogens is 714 g/mol. The molecule has 7 rings (SSSR count). The molecule has 1 unspecified atom stereocenters. The molecule has 3 aromatic rings. The molecule has 3 saturated heterocycles. The number of pyridine rings is 1. The van der Waals surface area contributed by atoms with Crippen LogP contribution in [0.15, 0.2) is 53.6 Å². The molecule has 4 aliphatic heterocycles. The lowest BCUT2D eigenvalue weighted by molar-refractivity contribution is -0.121. The van der Waals surface area contributed by atoms with Gasteiger partial charge in [0.25, 0.3) is 15.9 Å². The van der Waals surface area contributed by atoms with Crippen molar-refractivity contribution in [3.63, 3.8) is 0 Å². The van der Waals surface area contributed by atoms with Crippen molar-refractivity contribution in [2.45, 2.75) is 42.3 Å². The number of likely N-dealkylation sites (tertiary alicyclic amines) is 2. The summed E-state index contributed by atoms with van der Waals surface area (Å²) < 4.78 is 81.6. The highest BCUT2D eigenvalue weighted by atomic mass is 32.2. The highest BCUT2D eigenvalue weighted by Gasteiger charge is 2.60. The number of benzene rings is 2. The Balaban J connectivity index is 1.23. The Morgan fingerprint density at radius 3 is 2.34 bits per heavy atom. The van der Waals surface area contributed by atoms with Crippen LogP contribution in [0.3, 0.4) is 0 Å². The number of morpholine rings is 1. The van der Waals surface area contributed by atoms with Crippen molar-refractivity contribution in [1.82, 2.24) is 25.0 Å². The number of aromatic nitrogens is 1. The number of hydrogen-bond donors (Lipinski definition) is 1. The fourth-order valence-corrected chi connectivity index (χ4v) is 9.33. The van der Waals surface area contributed by atoms with E-state index in [4.69, 9.17) is 18.9 Å². The number of carbonyl (C=O) groups is 2. The van der Waals surface area contributed by atoms with E-state index in [1.54, 1.807) is 6.92 Å². The third-order valence-electron chi connectivity index (χ3n) is 10.5. The Labute approximate surface area is 306 Å². The number of amides is 3. The molecule has 0 aliphatic carbocycles. The highest BCUT2D eigenvalue weighted by molar-refractivity contribution is 7.93. The second-order valence-electron chi connectivity index (χ2n) is 13.3. The van der Waals surface area contributed by atoms with Gasteiger partial charge in [0.05, 0.1) is 45.3 Å². The van der Waals surface area contributed by atoms with Crippen LogP contribution in [0, 0.1) is 11.6 Å². The number of hydrogen-bond acceptors (Lipinski definition) is 11. The van der Waals surface area contributed by atoms with E-state index in [2.05, 4.69) is 20.1 Å². The predicted molar refractivity (Wildman–Crippen MR) is 188 cm³/mol. The molecule has 3 amide bonds. The molecule has 17 heteroatoms. The Morgan fingerprint density at radius 2 is 1.66 bits per heavy atom. The van der Waals surface area contributed by atoms with Gasteiger partial charge in [-0.05, 0) is 50.1 Å². The first-order valence-electron chi connectivity index (χ1n) is 17.6. The molecule has 1 N–H and O–H groups in total. The SMILES string of the molecule is CCOc1ncccc1C1(NC(=O)N2CC(N3CCC(N4CCOCC4)CC3)C2)C(=O)N(S(=O)(=O)c2ccc(OC)cc2OC)c2cc(F)c(F)cc21. The zero-order chi connectivity index (χ0) is 37.5. The van der Waals surface area contributed by atoms with E-state index in [1.807, 2.05) is 0 Å². The number of anilines is 1. The maximum Gasteiger partial charge on any atom is 0.318 e. The number of urea groups is 1. The van der Waals surface area contributed by atoms with Crippen LogP contribution in [-0.4, -0.2) is 125 Å². The van der Waals surface area contributed by atoms with Crippen LogP contribution in [0.5, 0.6) is 17.4 Å². The maximum absolute atomic E-state index is 15.3. The van der Waals surface area contributed by atoms with Crippen LogP contribution in [0.1, 0.15) is 30.9 Å². The van der Waals surface area contributed by atoms with Crippen molar-refractivity contribution in [3.05, 3.63) is 71.4 Å². The minimum atomic E-state index is -4.92. The van der Waals surface area contributed by atoms with Crippen molar-refractivity contribution in [3.8, 4) is 17.4 Å². The van der Waals surface area contributed by atoms with Gasteiger partial charge in [-0.2, -0.15) is 4.31 Å². The van der Waals surface area contributed by atoms with E-state index in [-0.39, 0.29) is 41.2 Å². The molecule has 284 valence electrons. The van der Waals surface area contributed by atoms with E-state index >= 15 is 13.6 Å². The summed E-state index contributed by atoms with van der Waals surface area (Å²) in [6.45, 7) is 7.55. The summed E-state index contributed by atoms with van der Waals surface area (Å²) in [6.07, 6.45) is 3.40. The van der Waals surface area contributed by atoms with Crippen LogP contribution >= 0.6 is 0 Å².